The second-order valence-corrected chi connectivity index (χ2v) is 8.58. The van der Waals surface area contributed by atoms with Gasteiger partial charge in [-0.05, 0) is 43.4 Å². The molecule has 0 atom stereocenters. The molecular weight excluding hydrogens is 406 g/mol. The van der Waals surface area contributed by atoms with E-state index in [4.69, 9.17) is 4.98 Å². The van der Waals surface area contributed by atoms with Crippen LogP contribution in [0.3, 0.4) is 0 Å². The minimum Gasteiger partial charge on any atom is -0.356 e. The Bertz CT molecular complexity index is 1080. The van der Waals surface area contributed by atoms with Crippen molar-refractivity contribution in [2.75, 3.05) is 34.9 Å². The van der Waals surface area contributed by atoms with Crippen molar-refractivity contribution in [3.05, 3.63) is 35.2 Å². The van der Waals surface area contributed by atoms with E-state index in [1.807, 2.05) is 12.3 Å². The molecule has 2 aromatic heterocycles. The molecule has 1 aromatic carbocycles. The highest BCUT2D eigenvalue weighted by molar-refractivity contribution is 7.98. The summed E-state index contributed by atoms with van der Waals surface area (Å²) in [6, 6.07) is 8.96. The van der Waals surface area contributed by atoms with Crippen LogP contribution in [0.4, 0.5) is 17.2 Å². The lowest BCUT2D eigenvalue weighted by Gasteiger charge is -2.17. The highest BCUT2D eigenvalue weighted by Gasteiger charge is 2.21. The minimum absolute atomic E-state index is 0.157. The fraction of sp³-hybridized carbons (Fsp3) is 0.300. The first-order valence-electron chi connectivity index (χ1n) is 9.33. The number of fused-ring (bicyclic) bond motifs is 1. The molecule has 1 fully saturated rings. The number of thiophene rings is 1. The fourth-order valence-corrected chi connectivity index (χ4v) is 4.67. The summed E-state index contributed by atoms with van der Waals surface area (Å²) in [6.45, 7) is 3.41. The maximum absolute atomic E-state index is 12.8. The number of carbonyl (C=O) groups is 2. The van der Waals surface area contributed by atoms with E-state index in [-0.39, 0.29) is 11.8 Å². The van der Waals surface area contributed by atoms with Gasteiger partial charge in [0.05, 0.1) is 10.3 Å². The number of nitrogens with zero attached hydrogens (tertiary/aromatic N) is 3. The summed E-state index contributed by atoms with van der Waals surface area (Å²) in [5.74, 6) is 0.557. The first-order chi connectivity index (χ1) is 14.0. The number of benzene rings is 1. The van der Waals surface area contributed by atoms with Crippen LogP contribution in [-0.2, 0) is 4.79 Å². The largest absolute Gasteiger partial charge is 0.356 e. The Kier molecular flexibility index (Phi) is 5.68. The van der Waals surface area contributed by atoms with E-state index in [9.17, 15) is 9.59 Å². The smallest absolute Gasteiger partial charge is 0.265 e. The minimum atomic E-state index is -0.203. The van der Waals surface area contributed by atoms with Crippen molar-refractivity contribution in [3.63, 3.8) is 0 Å². The van der Waals surface area contributed by atoms with Gasteiger partial charge in [0.25, 0.3) is 5.91 Å². The van der Waals surface area contributed by atoms with Crippen molar-refractivity contribution < 1.29 is 9.59 Å². The van der Waals surface area contributed by atoms with E-state index in [0.29, 0.717) is 16.3 Å². The van der Waals surface area contributed by atoms with Crippen LogP contribution < -0.4 is 15.5 Å². The number of anilines is 3. The Labute approximate surface area is 176 Å². The summed E-state index contributed by atoms with van der Waals surface area (Å²) in [7, 11) is 0. The molecule has 0 aliphatic carbocycles. The molecule has 9 heteroatoms. The molecule has 0 radical (unpaired) electrons. The number of carbonyl (C=O) groups excluding carboxylic acids is 2. The van der Waals surface area contributed by atoms with Crippen LogP contribution in [0, 0.1) is 0 Å². The second kappa shape index (κ2) is 8.38. The van der Waals surface area contributed by atoms with E-state index >= 15 is 0 Å². The first kappa shape index (κ1) is 19.7. The molecule has 0 spiro atoms. The highest BCUT2D eigenvalue weighted by Crippen LogP contribution is 2.34. The zero-order valence-electron chi connectivity index (χ0n) is 16.2. The topological polar surface area (TPSA) is 87.2 Å². The number of aromatic nitrogens is 2. The summed E-state index contributed by atoms with van der Waals surface area (Å²) in [4.78, 5) is 37.1. The van der Waals surface area contributed by atoms with Gasteiger partial charge in [-0.25, -0.2) is 9.97 Å². The average Bonchev–Trinajstić information content (AvgIpc) is 3.36. The van der Waals surface area contributed by atoms with E-state index in [2.05, 4.69) is 20.5 Å². The van der Waals surface area contributed by atoms with Gasteiger partial charge in [0, 0.05) is 31.4 Å². The number of hydrogen-bond donors (Lipinski definition) is 2. The standard InChI is InChI=1S/C20H21N5O2S2/c1-12(26)21-13-6-5-7-14(10-13)22-18(27)16-11-15-17(25-8-3-4-9-25)23-20(28-2)24-19(15)29-16/h5-7,10-11H,3-4,8-9H2,1-2H3,(H,21,26)(H,22,27). The van der Waals surface area contributed by atoms with Gasteiger partial charge in [-0.3, -0.25) is 9.59 Å². The van der Waals surface area contributed by atoms with Gasteiger partial charge in [0.1, 0.15) is 10.6 Å². The Morgan fingerprint density at radius 3 is 2.52 bits per heavy atom. The van der Waals surface area contributed by atoms with Crippen LogP contribution >= 0.6 is 23.1 Å². The lowest BCUT2D eigenvalue weighted by Crippen LogP contribution is -2.19. The molecule has 2 amide bonds. The summed E-state index contributed by atoms with van der Waals surface area (Å²) < 4.78 is 0. The third-order valence-corrected chi connectivity index (χ3v) is 6.18. The van der Waals surface area contributed by atoms with E-state index in [1.165, 1.54) is 30.0 Å². The zero-order chi connectivity index (χ0) is 20.4. The molecule has 4 rings (SSSR count). The molecule has 150 valence electrons. The van der Waals surface area contributed by atoms with Crippen molar-refractivity contribution in [1.82, 2.24) is 9.97 Å². The molecule has 3 heterocycles. The number of nitrogens with one attached hydrogen (secondary N) is 2. The van der Waals surface area contributed by atoms with Crippen molar-refractivity contribution in [2.24, 2.45) is 0 Å². The Balaban J connectivity index is 1.63. The van der Waals surface area contributed by atoms with Gasteiger partial charge in [0.2, 0.25) is 5.91 Å². The third kappa shape index (κ3) is 4.35. The maximum Gasteiger partial charge on any atom is 0.265 e. The number of hydrogen-bond acceptors (Lipinski definition) is 7. The monoisotopic (exact) mass is 427 g/mol. The summed E-state index contributed by atoms with van der Waals surface area (Å²) >= 11 is 2.88. The van der Waals surface area contributed by atoms with E-state index in [0.717, 1.165) is 47.1 Å². The third-order valence-electron chi connectivity index (χ3n) is 4.60. The summed E-state index contributed by atoms with van der Waals surface area (Å²) in [5, 5.41) is 7.26. The zero-order valence-corrected chi connectivity index (χ0v) is 17.8. The quantitative estimate of drug-likeness (QED) is 0.468. The van der Waals surface area contributed by atoms with Crippen molar-refractivity contribution in [1.29, 1.82) is 0 Å². The average molecular weight is 428 g/mol. The predicted molar refractivity (Wildman–Crippen MR) is 119 cm³/mol. The molecule has 2 N–H and O–H groups in total. The predicted octanol–water partition coefficient (Wildman–Crippen LogP) is 4.22. The van der Waals surface area contributed by atoms with Crippen molar-refractivity contribution >= 4 is 62.3 Å². The van der Waals surface area contributed by atoms with Crippen molar-refractivity contribution in [2.45, 2.75) is 24.9 Å². The molecule has 0 bridgehead atoms. The molecule has 1 aliphatic heterocycles. The van der Waals surface area contributed by atoms with Gasteiger partial charge in [0.15, 0.2) is 5.16 Å². The second-order valence-electron chi connectivity index (χ2n) is 6.77. The van der Waals surface area contributed by atoms with Gasteiger partial charge >= 0.3 is 0 Å². The SMILES string of the molecule is CSc1nc(N2CCCC2)c2cc(C(=O)Nc3cccc(NC(C)=O)c3)sc2n1. The molecular formula is C20H21N5O2S2. The van der Waals surface area contributed by atoms with Crippen LogP contribution in [0.5, 0.6) is 0 Å². The van der Waals surface area contributed by atoms with Crippen LogP contribution in [0.25, 0.3) is 10.2 Å². The van der Waals surface area contributed by atoms with Crippen LogP contribution in [0.2, 0.25) is 0 Å². The molecule has 0 unspecified atom stereocenters. The summed E-state index contributed by atoms with van der Waals surface area (Å²) in [6.07, 6.45) is 4.27. The van der Waals surface area contributed by atoms with Crippen LogP contribution in [0.15, 0.2) is 35.5 Å². The van der Waals surface area contributed by atoms with Crippen molar-refractivity contribution in [3.8, 4) is 0 Å². The number of amides is 2. The van der Waals surface area contributed by atoms with Crippen LogP contribution in [0.1, 0.15) is 29.4 Å². The molecule has 29 heavy (non-hydrogen) atoms. The highest BCUT2D eigenvalue weighted by atomic mass is 32.2. The molecule has 0 saturated carbocycles. The van der Waals surface area contributed by atoms with Crippen LogP contribution in [-0.4, -0.2) is 41.1 Å². The van der Waals surface area contributed by atoms with Gasteiger partial charge in [-0.15, -0.1) is 11.3 Å². The molecule has 1 aliphatic rings. The normalized spacial score (nSPS) is 13.7. The number of rotatable bonds is 5. The molecule has 7 nitrogen and oxygen atoms in total. The van der Waals surface area contributed by atoms with Gasteiger partial charge in [-0.1, -0.05) is 17.8 Å². The maximum atomic E-state index is 12.8. The lowest BCUT2D eigenvalue weighted by atomic mass is 10.2. The summed E-state index contributed by atoms with van der Waals surface area (Å²) in [5.41, 5.74) is 1.26. The van der Waals surface area contributed by atoms with Gasteiger partial charge in [-0.2, -0.15) is 0 Å². The van der Waals surface area contributed by atoms with E-state index < -0.39 is 0 Å². The Morgan fingerprint density at radius 1 is 1.10 bits per heavy atom. The Morgan fingerprint density at radius 2 is 1.83 bits per heavy atom. The number of thioether (sulfide) groups is 1. The molecule has 3 aromatic rings. The molecule has 1 saturated heterocycles. The Hall–Kier alpha value is -2.65. The fourth-order valence-electron chi connectivity index (χ4n) is 3.33. The lowest BCUT2D eigenvalue weighted by molar-refractivity contribution is -0.114. The van der Waals surface area contributed by atoms with E-state index in [1.54, 1.807) is 24.3 Å². The first-order valence-corrected chi connectivity index (χ1v) is 11.4. The van der Waals surface area contributed by atoms with Gasteiger partial charge < -0.3 is 15.5 Å².